The summed E-state index contributed by atoms with van der Waals surface area (Å²) in [7, 11) is 0. The van der Waals surface area contributed by atoms with Crippen LogP contribution >= 0.6 is 0 Å². The Hall–Kier alpha value is -0.0400. The minimum absolute atomic E-state index is 0.346. The first kappa shape index (κ1) is 7.96. The molecule has 0 aromatic carbocycles. The topological polar surface area (TPSA) is 19.9 Å². The maximum absolute atomic E-state index is 10.4. The SMILES string of the molecule is CCCCC[C@@H](C)[O]. The zero-order chi connectivity index (χ0) is 6.41. The lowest BCUT2D eigenvalue weighted by Gasteiger charge is -1.97. The molecule has 0 aliphatic carbocycles. The van der Waals surface area contributed by atoms with Gasteiger partial charge in [-0.2, -0.15) is 0 Å². The third kappa shape index (κ3) is 5.96. The van der Waals surface area contributed by atoms with Crippen molar-refractivity contribution in [2.24, 2.45) is 0 Å². The van der Waals surface area contributed by atoms with Crippen molar-refractivity contribution < 1.29 is 5.11 Å². The summed E-state index contributed by atoms with van der Waals surface area (Å²) in [4.78, 5) is 0. The summed E-state index contributed by atoms with van der Waals surface area (Å²) in [5, 5.41) is 10.4. The Balaban J connectivity index is 2.72. The van der Waals surface area contributed by atoms with Gasteiger partial charge in [0.05, 0.1) is 6.10 Å². The lowest BCUT2D eigenvalue weighted by molar-refractivity contribution is 0.0952. The molecule has 0 spiro atoms. The predicted molar refractivity (Wildman–Crippen MR) is 34.3 cm³/mol. The van der Waals surface area contributed by atoms with E-state index in [9.17, 15) is 5.11 Å². The number of unbranched alkanes of at least 4 members (excludes halogenated alkanes) is 2. The van der Waals surface area contributed by atoms with Gasteiger partial charge in [-0.05, 0) is 13.3 Å². The summed E-state index contributed by atoms with van der Waals surface area (Å²) in [6.07, 6.45) is 4.05. The van der Waals surface area contributed by atoms with Gasteiger partial charge in [0.1, 0.15) is 0 Å². The normalized spacial score (nSPS) is 13.9. The van der Waals surface area contributed by atoms with Crippen LogP contribution in [0.15, 0.2) is 0 Å². The molecule has 0 bridgehead atoms. The Morgan fingerprint density at radius 1 is 1.38 bits per heavy atom. The quantitative estimate of drug-likeness (QED) is 0.501. The molecule has 1 radical (unpaired) electrons. The van der Waals surface area contributed by atoms with Crippen LogP contribution in [0, 0.1) is 0 Å². The van der Waals surface area contributed by atoms with Crippen molar-refractivity contribution in [3.05, 3.63) is 0 Å². The van der Waals surface area contributed by atoms with Crippen LogP contribution in [0.4, 0.5) is 0 Å². The zero-order valence-electron chi connectivity index (χ0n) is 5.81. The maximum Gasteiger partial charge on any atom is 0.0902 e. The fourth-order valence-corrected chi connectivity index (χ4v) is 0.682. The minimum atomic E-state index is -0.346. The average molecular weight is 115 g/mol. The highest BCUT2D eigenvalue weighted by atomic mass is 16.3. The molecule has 0 unspecified atom stereocenters. The largest absolute Gasteiger partial charge is 0.233 e. The van der Waals surface area contributed by atoms with Crippen molar-refractivity contribution in [1.29, 1.82) is 0 Å². The molecule has 0 aromatic rings. The number of rotatable bonds is 4. The van der Waals surface area contributed by atoms with Crippen LogP contribution < -0.4 is 0 Å². The van der Waals surface area contributed by atoms with Crippen molar-refractivity contribution >= 4 is 0 Å². The standard InChI is InChI=1S/C7H15O/c1-3-4-5-6-7(2)8/h7H,3-6H2,1-2H3/t7-/m1/s1. The second-order valence-electron chi connectivity index (χ2n) is 2.31. The lowest BCUT2D eigenvalue weighted by Crippen LogP contribution is -1.95. The summed E-state index contributed by atoms with van der Waals surface area (Å²) >= 11 is 0. The van der Waals surface area contributed by atoms with E-state index < -0.39 is 0 Å². The number of hydrogen-bond donors (Lipinski definition) is 0. The molecule has 0 rings (SSSR count). The molecule has 8 heavy (non-hydrogen) atoms. The maximum atomic E-state index is 10.4. The van der Waals surface area contributed by atoms with Gasteiger partial charge < -0.3 is 0 Å². The van der Waals surface area contributed by atoms with Crippen LogP contribution in [0.2, 0.25) is 0 Å². The summed E-state index contributed by atoms with van der Waals surface area (Å²) in [6, 6.07) is 0. The first-order chi connectivity index (χ1) is 3.77. The van der Waals surface area contributed by atoms with Gasteiger partial charge in [0.25, 0.3) is 0 Å². The second kappa shape index (κ2) is 5.10. The van der Waals surface area contributed by atoms with Gasteiger partial charge in [0, 0.05) is 0 Å². The molecule has 0 aliphatic heterocycles. The van der Waals surface area contributed by atoms with Gasteiger partial charge in [-0.3, -0.25) is 0 Å². The Bertz CT molecular complexity index is 41.7. The van der Waals surface area contributed by atoms with Gasteiger partial charge in [-0.1, -0.05) is 26.2 Å². The Labute approximate surface area is 51.7 Å². The molecule has 0 aromatic heterocycles. The molecular formula is C7H15O. The summed E-state index contributed by atoms with van der Waals surface area (Å²) < 4.78 is 0. The van der Waals surface area contributed by atoms with E-state index >= 15 is 0 Å². The minimum Gasteiger partial charge on any atom is -0.233 e. The predicted octanol–water partition coefficient (Wildman–Crippen LogP) is 2.39. The van der Waals surface area contributed by atoms with E-state index in [4.69, 9.17) is 0 Å². The van der Waals surface area contributed by atoms with Gasteiger partial charge in [0.15, 0.2) is 0 Å². The fraction of sp³-hybridized carbons (Fsp3) is 1.00. The van der Waals surface area contributed by atoms with Gasteiger partial charge in [-0.25, -0.2) is 5.11 Å². The van der Waals surface area contributed by atoms with Crippen LogP contribution in [-0.4, -0.2) is 6.10 Å². The van der Waals surface area contributed by atoms with E-state index in [0.29, 0.717) is 0 Å². The highest BCUT2D eigenvalue weighted by Crippen LogP contribution is 2.01. The van der Waals surface area contributed by atoms with Gasteiger partial charge >= 0.3 is 0 Å². The van der Waals surface area contributed by atoms with Crippen molar-refractivity contribution in [1.82, 2.24) is 0 Å². The van der Waals surface area contributed by atoms with Gasteiger partial charge in [-0.15, -0.1) is 0 Å². The fourth-order valence-electron chi connectivity index (χ4n) is 0.682. The first-order valence-electron chi connectivity index (χ1n) is 3.43. The van der Waals surface area contributed by atoms with Crippen molar-refractivity contribution in [3.63, 3.8) is 0 Å². The van der Waals surface area contributed by atoms with E-state index in [0.717, 1.165) is 12.8 Å². The molecule has 0 aliphatic rings. The summed E-state index contributed by atoms with van der Waals surface area (Å²) in [6.45, 7) is 3.88. The van der Waals surface area contributed by atoms with Crippen molar-refractivity contribution in [3.8, 4) is 0 Å². The van der Waals surface area contributed by atoms with Crippen LogP contribution in [0.5, 0.6) is 0 Å². The van der Waals surface area contributed by atoms with Crippen LogP contribution in [0.3, 0.4) is 0 Å². The molecule has 49 valence electrons. The lowest BCUT2D eigenvalue weighted by atomic mass is 10.1. The third-order valence-corrected chi connectivity index (χ3v) is 1.21. The van der Waals surface area contributed by atoms with E-state index in [1.54, 1.807) is 6.92 Å². The van der Waals surface area contributed by atoms with Crippen molar-refractivity contribution in [2.45, 2.75) is 45.6 Å². The smallest absolute Gasteiger partial charge is 0.0902 e. The molecule has 1 atom stereocenters. The number of hydrogen-bond acceptors (Lipinski definition) is 0. The summed E-state index contributed by atoms with van der Waals surface area (Å²) in [5.41, 5.74) is 0. The molecule has 1 nitrogen and oxygen atoms in total. The third-order valence-electron chi connectivity index (χ3n) is 1.21. The molecule has 0 N–H and O–H groups in total. The molecular weight excluding hydrogens is 100 g/mol. The second-order valence-corrected chi connectivity index (χ2v) is 2.31. The van der Waals surface area contributed by atoms with Gasteiger partial charge in [0.2, 0.25) is 0 Å². The Morgan fingerprint density at radius 2 is 2.00 bits per heavy atom. The molecule has 0 saturated heterocycles. The first-order valence-corrected chi connectivity index (χ1v) is 3.43. The van der Waals surface area contributed by atoms with Crippen molar-refractivity contribution in [2.75, 3.05) is 0 Å². The Morgan fingerprint density at radius 3 is 2.38 bits per heavy atom. The average Bonchev–Trinajstić information content (AvgIpc) is 1.66. The zero-order valence-corrected chi connectivity index (χ0v) is 5.81. The van der Waals surface area contributed by atoms with Crippen LogP contribution in [0.1, 0.15) is 39.5 Å². The highest BCUT2D eigenvalue weighted by molar-refractivity contribution is 4.45. The molecule has 0 saturated carbocycles. The van der Waals surface area contributed by atoms with E-state index in [1.165, 1.54) is 12.8 Å². The molecule has 1 heteroatoms. The van der Waals surface area contributed by atoms with E-state index in [2.05, 4.69) is 6.92 Å². The van der Waals surface area contributed by atoms with E-state index in [1.807, 2.05) is 0 Å². The highest BCUT2D eigenvalue weighted by Gasteiger charge is 1.94. The molecule has 0 fully saturated rings. The Kier molecular flexibility index (Phi) is 5.08. The van der Waals surface area contributed by atoms with Crippen LogP contribution in [-0.2, 0) is 5.11 Å². The molecule has 0 heterocycles. The molecule has 0 amide bonds. The summed E-state index contributed by atoms with van der Waals surface area (Å²) in [5.74, 6) is 0. The monoisotopic (exact) mass is 115 g/mol. The van der Waals surface area contributed by atoms with E-state index in [-0.39, 0.29) is 6.10 Å². The van der Waals surface area contributed by atoms with Crippen LogP contribution in [0.25, 0.3) is 0 Å².